The number of pyridine rings is 1. The van der Waals surface area contributed by atoms with Crippen LogP contribution in [0.2, 0.25) is 0 Å². The molecule has 19 heavy (non-hydrogen) atoms. The standard InChI is InChI=1S/C11H14N4O4/c16-4-8-7(17)3-9(19-8)15-5-13-10-6(14-18)1-2-12-11(10)15/h1-2,5,7-9,16-18H,3-4H2,(H,12,14)/t7-,8+,9+/m0/s1. The maximum Gasteiger partial charge on any atom is 0.164 e. The molecular formula is C11H14N4O4. The van der Waals surface area contributed by atoms with Crippen LogP contribution in [0.3, 0.4) is 0 Å². The van der Waals surface area contributed by atoms with E-state index < -0.39 is 18.4 Å². The molecule has 2 aromatic rings. The Kier molecular flexibility index (Phi) is 3.07. The molecule has 0 saturated carbocycles. The zero-order valence-corrected chi connectivity index (χ0v) is 9.97. The zero-order valence-electron chi connectivity index (χ0n) is 9.97. The van der Waals surface area contributed by atoms with E-state index >= 15 is 0 Å². The summed E-state index contributed by atoms with van der Waals surface area (Å²) in [5.74, 6) is 0. The van der Waals surface area contributed by atoms with E-state index in [0.29, 0.717) is 23.3 Å². The molecule has 1 fully saturated rings. The summed E-state index contributed by atoms with van der Waals surface area (Å²) in [7, 11) is 0. The van der Waals surface area contributed by atoms with E-state index in [1.807, 2.05) is 0 Å². The molecule has 8 nitrogen and oxygen atoms in total. The number of nitrogens with one attached hydrogen (secondary N) is 1. The molecule has 0 bridgehead atoms. The summed E-state index contributed by atoms with van der Waals surface area (Å²) in [6.45, 7) is -0.235. The fraction of sp³-hybridized carbons (Fsp3) is 0.455. The zero-order chi connectivity index (χ0) is 13.4. The first-order valence-electron chi connectivity index (χ1n) is 5.90. The lowest BCUT2D eigenvalue weighted by Gasteiger charge is -2.13. The van der Waals surface area contributed by atoms with E-state index in [1.54, 1.807) is 10.6 Å². The summed E-state index contributed by atoms with van der Waals surface area (Å²) in [5, 5.41) is 27.8. The number of anilines is 1. The van der Waals surface area contributed by atoms with Gasteiger partial charge < -0.3 is 14.9 Å². The Morgan fingerprint density at radius 1 is 1.47 bits per heavy atom. The first-order chi connectivity index (χ1) is 9.24. The van der Waals surface area contributed by atoms with E-state index in [4.69, 9.17) is 15.1 Å². The number of hydrogen-bond acceptors (Lipinski definition) is 7. The highest BCUT2D eigenvalue weighted by Gasteiger charge is 2.35. The van der Waals surface area contributed by atoms with Crippen LogP contribution in [0.1, 0.15) is 12.6 Å². The summed E-state index contributed by atoms with van der Waals surface area (Å²) in [6, 6.07) is 1.60. The topological polar surface area (TPSA) is 113 Å². The molecule has 3 rings (SSSR count). The molecule has 0 aliphatic carbocycles. The summed E-state index contributed by atoms with van der Waals surface area (Å²) in [4.78, 5) is 8.36. The lowest BCUT2D eigenvalue weighted by Crippen LogP contribution is -2.24. The van der Waals surface area contributed by atoms with Crippen LogP contribution < -0.4 is 5.48 Å². The highest BCUT2D eigenvalue weighted by atomic mass is 16.5. The Hall–Kier alpha value is -1.74. The maximum atomic E-state index is 9.74. The molecule has 3 heterocycles. The van der Waals surface area contributed by atoms with Gasteiger partial charge in [0.15, 0.2) is 5.65 Å². The van der Waals surface area contributed by atoms with Gasteiger partial charge in [0.25, 0.3) is 0 Å². The minimum absolute atomic E-state index is 0.235. The number of fused-ring (bicyclic) bond motifs is 1. The Morgan fingerprint density at radius 2 is 2.32 bits per heavy atom. The van der Waals surface area contributed by atoms with Crippen molar-refractivity contribution in [2.75, 3.05) is 12.1 Å². The van der Waals surface area contributed by atoms with Crippen molar-refractivity contribution in [1.82, 2.24) is 14.5 Å². The predicted molar refractivity (Wildman–Crippen MR) is 64.6 cm³/mol. The second-order valence-electron chi connectivity index (χ2n) is 4.41. The summed E-state index contributed by atoms with van der Waals surface area (Å²) in [6.07, 6.45) is 1.69. The van der Waals surface area contributed by atoms with Gasteiger partial charge in [-0.2, -0.15) is 0 Å². The van der Waals surface area contributed by atoms with Crippen molar-refractivity contribution in [2.45, 2.75) is 24.9 Å². The number of aliphatic hydroxyl groups is 2. The van der Waals surface area contributed by atoms with Gasteiger partial charge in [-0.1, -0.05) is 0 Å². The molecule has 8 heteroatoms. The average molecular weight is 266 g/mol. The van der Waals surface area contributed by atoms with Crippen molar-refractivity contribution in [3.63, 3.8) is 0 Å². The van der Waals surface area contributed by atoms with E-state index in [9.17, 15) is 5.11 Å². The molecule has 1 saturated heterocycles. The fourth-order valence-electron chi connectivity index (χ4n) is 2.28. The number of aliphatic hydroxyl groups excluding tert-OH is 2. The molecule has 4 N–H and O–H groups in total. The van der Waals surface area contributed by atoms with Gasteiger partial charge in [0.2, 0.25) is 0 Å². The summed E-state index contributed by atoms with van der Waals surface area (Å²) < 4.78 is 7.22. The molecule has 1 aliphatic rings. The second-order valence-corrected chi connectivity index (χ2v) is 4.41. The normalized spacial score (nSPS) is 27.0. The van der Waals surface area contributed by atoms with Crippen LogP contribution in [0.5, 0.6) is 0 Å². The number of rotatable bonds is 3. The quantitative estimate of drug-likeness (QED) is 0.572. The van der Waals surface area contributed by atoms with Gasteiger partial charge in [-0.15, -0.1) is 0 Å². The Balaban J connectivity index is 1.98. The van der Waals surface area contributed by atoms with Crippen molar-refractivity contribution in [1.29, 1.82) is 0 Å². The van der Waals surface area contributed by atoms with Gasteiger partial charge >= 0.3 is 0 Å². The molecule has 1 aliphatic heterocycles. The smallest absolute Gasteiger partial charge is 0.164 e. The average Bonchev–Trinajstić information content (AvgIpc) is 3.01. The number of ether oxygens (including phenoxy) is 1. The van der Waals surface area contributed by atoms with E-state index in [2.05, 4.69) is 15.4 Å². The number of hydrogen-bond donors (Lipinski definition) is 4. The van der Waals surface area contributed by atoms with Crippen LogP contribution >= 0.6 is 0 Å². The fourth-order valence-corrected chi connectivity index (χ4v) is 2.28. The largest absolute Gasteiger partial charge is 0.394 e. The SMILES string of the molecule is OC[C@H]1O[C@@H](n2cnc3c(NO)ccnc32)C[C@@H]1O. The first kappa shape index (κ1) is 12.3. The minimum atomic E-state index is -0.716. The molecule has 0 spiro atoms. The van der Waals surface area contributed by atoms with E-state index in [1.165, 1.54) is 12.5 Å². The monoisotopic (exact) mass is 266 g/mol. The maximum absolute atomic E-state index is 9.74. The lowest BCUT2D eigenvalue weighted by molar-refractivity contribution is -0.0432. The van der Waals surface area contributed by atoms with Gasteiger partial charge in [-0.25, -0.2) is 9.97 Å². The summed E-state index contributed by atoms with van der Waals surface area (Å²) in [5.41, 5.74) is 3.55. The van der Waals surface area contributed by atoms with Crippen molar-refractivity contribution in [3.05, 3.63) is 18.6 Å². The van der Waals surface area contributed by atoms with Gasteiger partial charge in [0.05, 0.1) is 24.7 Å². The minimum Gasteiger partial charge on any atom is -0.394 e. The molecule has 0 amide bonds. The highest BCUT2D eigenvalue weighted by molar-refractivity contribution is 5.84. The van der Waals surface area contributed by atoms with Gasteiger partial charge in [-0.05, 0) is 6.07 Å². The molecule has 0 aromatic carbocycles. The van der Waals surface area contributed by atoms with Crippen molar-refractivity contribution in [3.8, 4) is 0 Å². The molecule has 102 valence electrons. The molecule has 0 unspecified atom stereocenters. The predicted octanol–water partition coefficient (Wildman–Crippen LogP) is -0.127. The van der Waals surface area contributed by atoms with Crippen LogP contribution in [0.15, 0.2) is 18.6 Å². The van der Waals surface area contributed by atoms with Crippen LogP contribution in [0.4, 0.5) is 5.69 Å². The summed E-state index contributed by atoms with van der Waals surface area (Å²) >= 11 is 0. The van der Waals surface area contributed by atoms with Gasteiger partial charge in [-0.3, -0.25) is 15.3 Å². The van der Waals surface area contributed by atoms with Crippen LogP contribution in [0.25, 0.3) is 11.2 Å². The van der Waals surface area contributed by atoms with Crippen molar-refractivity contribution in [2.24, 2.45) is 0 Å². The Bertz CT molecular complexity index is 587. The van der Waals surface area contributed by atoms with Gasteiger partial charge in [0.1, 0.15) is 17.8 Å². The number of nitrogens with zero attached hydrogens (tertiary/aromatic N) is 3. The van der Waals surface area contributed by atoms with Crippen LogP contribution in [-0.4, -0.2) is 48.8 Å². The van der Waals surface area contributed by atoms with E-state index in [0.717, 1.165) is 0 Å². The van der Waals surface area contributed by atoms with Gasteiger partial charge in [0, 0.05) is 12.6 Å². The van der Waals surface area contributed by atoms with Crippen molar-refractivity contribution >= 4 is 16.9 Å². The first-order valence-corrected chi connectivity index (χ1v) is 5.90. The Labute approximate surface area is 108 Å². The molecular weight excluding hydrogens is 252 g/mol. The third kappa shape index (κ3) is 1.94. The number of aromatic nitrogens is 3. The second kappa shape index (κ2) is 4.74. The highest BCUT2D eigenvalue weighted by Crippen LogP contribution is 2.31. The molecule has 3 atom stereocenters. The third-order valence-electron chi connectivity index (χ3n) is 3.28. The van der Waals surface area contributed by atoms with E-state index in [-0.39, 0.29) is 6.61 Å². The molecule has 0 radical (unpaired) electrons. The molecule has 2 aromatic heterocycles. The van der Waals surface area contributed by atoms with Crippen LogP contribution in [0, 0.1) is 0 Å². The number of imidazole rings is 1. The van der Waals surface area contributed by atoms with Crippen molar-refractivity contribution < 1.29 is 20.2 Å². The third-order valence-corrected chi connectivity index (χ3v) is 3.28. The Morgan fingerprint density at radius 3 is 3.00 bits per heavy atom. The lowest BCUT2D eigenvalue weighted by atomic mass is 10.2. The van der Waals surface area contributed by atoms with Crippen LogP contribution in [-0.2, 0) is 4.74 Å².